The van der Waals surface area contributed by atoms with E-state index >= 15 is 0 Å². The highest BCUT2D eigenvalue weighted by Crippen LogP contribution is 2.30. The van der Waals surface area contributed by atoms with E-state index in [0.29, 0.717) is 0 Å². The number of hydrogen-bond donors (Lipinski definition) is 0. The second-order valence-electron chi connectivity index (χ2n) is 3.02. The van der Waals surface area contributed by atoms with E-state index in [4.69, 9.17) is 9.47 Å². The minimum Gasteiger partial charge on any atom is -0.422 e. The van der Waals surface area contributed by atoms with Gasteiger partial charge >= 0.3 is 6.16 Å². The predicted octanol–water partition coefficient (Wildman–Crippen LogP) is 2.45. The van der Waals surface area contributed by atoms with Gasteiger partial charge in [-0.1, -0.05) is 36.9 Å². The fraction of sp³-hybridized carbons (Fsp3) is 0.182. The van der Waals surface area contributed by atoms with Crippen molar-refractivity contribution in [3.05, 3.63) is 48.6 Å². The molecule has 1 aromatic carbocycles. The Kier molecular flexibility index (Phi) is 2.23. The van der Waals surface area contributed by atoms with Gasteiger partial charge in [0.2, 0.25) is 0 Å². The Morgan fingerprint density at radius 3 is 2.57 bits per heavy atom. The molecule has 0 bridgehead atoms. The van der Waals surface area contributed by atoms with Gasteiger partial charge in [0.25, 0.3) is 0 Å². The lowest BCUT2D eigenvalue weighted by Crippen LogP contribution is -2.11. The number of benzene rings is 1. The van der Waals surface area contributed by atoms with E-state index < -0.39 is 6.16 Å². The van der Waals surface area contributed by atoms with Gasteiger partial charge in [-0.05, 0) is 11.6 Å². The van der Waals surface area contributed by atoms with Crippen molar-refractivity contribution in [3.63, 3.8) is 0 Å². The average Bonchev–Trinajstić information content (AvgIpc) is 2.61. The van der Waals surface area contributed by atoms with Crippen molar-refractivity contribution in [1.29, 1.82) is 0 Å². The Balaban J connectivity index is 2.26. The lowest BCUT2D eigenvalue weighted by Gasteiger charge is -2.11. The molecular weight excluding hydrogens is 180 g/mol. The first-order valence-corrected chi connectivity index (χ1v) is 4.36. The van der Waals surface area contributed by atoms with Gasteiger partial charge in [0.05, 0.1) is 0 Å². The minimum atomic E-state index is -0.635. The van der Waals surface area contributed by atoms with Crippen LogP contribution >= 0.6 is 0 Å². The molecule has 1 fully saturated rings. The largest absolute Gasteiger partial charge is 0.509 e. The Morgan fingerprint density at radius 1 is 1.21 bits per heavy atom. The second-order valence-corrected chi connectivity index (χ2v) is 3.02. The summed E-state index contributed by atoms with van der Waals surface area (Å²) in [6.45, 7) is 3.60. The number of hydrogen-bond acceptors (Lipinski definition) is 3. The average molecular weight is 190 g/mol. The first kappa shape index (κ1) is 8.81. The van der Waals surface area contributed by atoms with E-state index in [9.17, 15) is 4.79 Å². The van der Waals surface area contributed by atoms with Crippen molar-refractivity contribution in [1.82, 2.24) is 0 Å². The molecule has 14 heavy (non-hydrogen) atoms. The summed E-state index contributed by atoms with van der Waals surface area (Å²) in [7, 11) is 0. The molecule has 0 radical (unpaired) electrons. The van der Waals surface area contributed by atoms with Crippen LogP contribution in [-0.4, -0.2) is 12.3 Å². The molecule has 1 saturated heterocycles. The molecule has 0 aromatic heterocycles. The maximum atomic E-state index is 10.9. The molecule has 2 rings (SSSR count). The van der Waals surface area contributed by atoms with Gasteiger partial charge in [0, 0.05) is 0 Å². The zero-order valence-corrected chi connectivity index (χ0v) is 7.55. The van der Waals surface area contributed by atoms with E-state index in [1.807, 2.05) is 30.3 Å². The fourth-order valence-corrected chi connectivity index (χ4v) is 1.44. The minimum absolute atomic E-state index is 0.360. The molecule has 3 heteroatoms. The molecule has 0 amide bonds. The Bertz CT molecular complexity index is 345. The predicted molar refractivity (Wildman–Crippen MR) is 50.7 cm³/mol. The van der Waals surface area contributed by atoms with Crippen LogP contribution < -0.4 is 0 Å². The molecule has 2 atom stereocenters. The van der Waals surface area contributed by atoms with Gasteiger partial charge in [-0.3, -0.25) is 0 Å². The molecule has 0 unspecified atom stereocenters. The Morgan fingerprint density at radius 2 is 1.93 bits per heavy atom. The van der Waals surface area contributed by atoms with Crippen molar-refractivity contribution in [2.24, 2.45) is 0 Å². The highest BCUT2D eigenvalue weighted by Gasteiger charge is 2.35. The third-order valence-corrected chi connectivity index (χ3v) is 2.11. The summed E-state index contributed by atoms with van der Waals surface area (Å²) in [5.41, 5.74) is 0.920. The quantitative estimate of drug-likeness (QED) is 0.530. The van der Waals surface area contributed by atoms with E-state index in [1.165, 1.54) is 0 Å². The van der Waals surface area contributed by atoms with Crippen molar-refractivity contribution >= 4 is 6.16 Å². The van der Waals surface area contributed by atoms with Crippen molar-refractivity contribution < 1.29 is 14.3 Å². The van der Waals surface area contributed by atoms with Crippen LogP contribution in [-0.2, 0) is 9.47 Å². The highest BCUT2D eigenvalue weighted by molar-refractivity contribution is 5.63. The molecule has 1 aliphatic rings. The smallest absolute Gasteiger partial charge is 0.422 e. The number of carbonyl (C=O) groups is 1. The fourth-order valence-electron chi connectivity index (χ4n) is 1.44. The Labute approximate surface area is 81.9 Å². The van der Waals surface area contributed by atoms with Crippen LogP contribution in [0.3, 0.4) is 0 Å². The summed E-state index contributed by atoms with van der Waals surface area (Å²) in [6.07, 6.45) is 0.192. The number of carbonyl (C=O) groups excluding carboxylic acids is 1. The van der Waals surface area contributed by atoms with E-state index in [1.54, 1.807) is 6.08 Å². The van der Waals surface area contributed by atoms with Crippen LogP contribution in [0.2, 0.25) is 0 Å². The van der Waals surface area contributed by atoms with Gasteiger partial charge in [-0.25, -0.2) is 4.79 Å². The number of ether oxygens (including phenoxy) is 2. The molecule has 0 N–H and O–H groups in total. The van der Waals surface area contributed by atoms with Crippen molar-refractivity contribution in [3.8, 4) is 0 Å². The summed E-state index contributed by atoms with van der Waals surface area (Å²) in [4.78, 5) is 10.9. The zero-order valence-electron chi connectivity index (χ0n) is 7.55. The number of cyclic esters (lactones) is 2. The van der Waals surface area contributed by atoms with Crippen molar-refractivity contribution in [2.75, 3.05) is 0 Å². The molecule has 1 heterocycles. The SMILES string of the molecule is C=C[C@H]1OC(=O)O[C@@H]1c1ccccc1. The molecule has 0 saturated carbocycles. The first-order chi connectivity index (χ1) is 6.81. The zero-order chi connectivity index (χ0) is 9.97. The van der Waals surface area contributed by atoms with E-state index in [2.05, 4.69) is 6.58 Å². The lowest BCUT2D eigenvalue weighted by molar-refractivity contribution is 0.117. The lowest BCUT2D eigenvalue weighted by atomic mass is 10.1. The molecule has 1 aromatic rings. The third-order valence-electron chi connectivity index (χ3n) is 2.11. The van der Waals surface area contributed by atoms with Gasteiger partial charge in [0.1, 0.15) is 0 Å². The summed E-state index contributed by atoms with van der Waals surface area (Å²) >= 11 is 0. The van der Waals surface area contributed by atoms with Crippen LogP contribution in [0.5, 0.6) is 0 Å². The van der Waals surface area contributed by atoms with Crippen LogP contribution in [0.4, 0.5) is 4.79 Å². The summed E-state index contributed by atoms with van der Waals surface area (Å²) < 4.78 is 9.92. The van der Waals surface area contributed by atoms with Gasteiger partial charge in [-0.15, -0.1) is 0 Å². The normalized spacial score (nSPS) is 25.3. The topological polar surface area (TPSA) is 35.5 Å². The molecule has 3 nitrogen and oxygen atoms in total. The standard InChI is InChI=1S/C11H10O3/c1-2-9-10(14-11(12)13-9)8-6-4-3-5-7-8/h2-7,9-10H,1H2/t9-,10-/m1/s1. The molecule has 72 valence electrons. The molecule has 0 aliphatic carbocycles. The summed E-state index contributed by atoms with van der Waals surface area (Å²) in [5, 5.41) is 0. The van der Waals surface area contributed by atoms with Crippen LogP contribution in [0.15, 0.2) is 43.0 Å². The second kappa shape index (κ2) is 3.54. The molecular formula is C11H10O3. The summed E-state index contributed by atoms with van der Waals surface area (Å²) in [5.74, 6) is 0. The van der Waals surface area contributed by atoms with E-state index in [-0.39, 0.29) is 12.2 Å². The maximum absolute atomic E-state index is 10.9. The van der Waals surface area contributed by atoms with E-state index in [0.717, 1.165) is 5.56 Å². The van der Waals surface area contributed by atoms with Gasteiger partial charge in [0.15, 0.2) is 12.2 Å². The van der Waals surface area contributed by atoms with Crippen LogP contribution in [0, 0.1) is 0 Å². The summed E-state index contributed by atoms with van der Waals surface area (Å²) in [6, 6.07) is 9.47. The maximum Gasteiger partial charge on any atom is 0.509 e. The highest BCUT2D eigenvalue weighted by atomic mass is 16.8. The molecule has 0 spiro atoms. The third kappa shape index (κ3) is 1.48. The van der Waals surface area contributed by atoms with Gasteiger partial charge in [-0.2, -0.15) is 0 Å². The van der Waals surface area contributed by atoms with Crippen LogP contribution in [0.25, 0.3) is 0 Å². The first-order valence-electron chi connectivity index (χ1n) is 4.36. The molecule has 1 aliphatic heterocycles. The van der Waals surface area contributed by atoms with Crippen molar-refractivity contribution in [2.45, 2.75) is 12.2 Å². The monoisotopic (exact) mass is 190 g/mol. The van der Waals surface area contributed by atoms with Crippen LogP contribution in [0.1, 0.15) is 11.7 Å². The Hall–Kier alpha value is -1.77. The number of rotatable bonds is 2. The van der Waals surface area contributed by atoms with Gasteiger partial charge < -0.3 is 9.47 Å².